The van der Waals surface area contributed by atoms with Crippen LogP contribution in [0.5, 0.6) is 0 Å². The number of carboxylic acid groups (broad SMARTS) is 1. The molecule has 1 atom stereocenters. The summed E-state index contributed by atoms with van der Waals surface area (Å²) in [4.78, 5) is 26.0. The Morgan fingerprint density at radius 3 is 2.81 bits per heavy atom. The van der Waals surface area contributed by atoms with E-state index in [0.29, 0.717) is 23.7 Å². The maximum Gasteiger partial charge on any atom is 0.326 e. The standard InChI is InChI=1S/C15H17FN2O3/c1-2-3-6-12(15(20)21)18-14(19)13-8-9-10(16)5-4-7-11(9)17-13/h4-5,7-8,12,17H,2-3,6H2,1H3,(H,18,19)(H,20,21)/t12-/m0/s1. The van der Waals surface area contributed by atoms with Crippen molar-refractivity contribution < 1.29 is 19.1 Å². The normalized spacial score (nSPS) is 12.3. The van der Waals surface area contributed by atoms with Gasteiger partial charge in [0.25, 0.3) is 5.91 Å². The molecule has 1 aromatic carbocycles. The molecule has 0 bridgehead atoms. The van der Waals surface area contributed by atoms with Crippen molar-refractivity contribution in [2.24, 2.45) is 0 Å². The van der Waals surface area contributed by atoms with Gasteiger partial charge in [-0.3, -0.25) is 4.79 Å². The van der Waals surface area contributed by atoms with Crippen LogP contribution in [-0.4, -0.2) is 28.0 Å². The highest BCUT2D eigenvalue weighted by Crippen LogP contribution is 2.18. The van der Waals surface area contributed by atoms with E-state index >= 15 is 0 Å². The fourth-order valence-electron chi connectivity index (χ4n) is 2.14. The maximum atomic E-state index is 13.6. The number of hydrogen-bond acceptors (Lipinski definition) is 2. The number of aromatic amines is 1. The van der Waals surface area contributed by atoms with E-state index in [1.807, 2.05) is 6.92 Å². The van der Waals surface area contributed by atoms with Gasteiger partial charge in [0.1, 0.15) is 17.6 Å². The van der Waals surface area contributed by atoms with Gasteiger partial charge in [-0.1, -0.05) is 25.8 Å². The molecule has 21 heavy (non-hydrogen) atoms. The van der Waals surface area contributed by atoms with Gasteiger partial charge in [0.2, 0.25) is 0 Å². The Hall–Kier alpha value is -2.37. The van der Waals surface area contributed by atoms with Crippen LogP contribution in [-0.2, 0) is 4.79 Å². The van der Waals surface area contributed by atoms with Gasteiger partial charge >= 0.3 is 5.97 Å². The minimum Gasteiger partial charge on any atom is -0.480 e. The molecular formula is C15H17FN2O3. The Morgan fingerprint density at radius 2 is 2.19 bits per heavy atom. The van der Waals surface area contributed by atoms with Gasteiger partial charge in [-0.25, -0.2) is 9.18 Å². The van der Waals surface area contributed by atoms with Crippen LogP contribution in [0, 0.1) is 5.82 Å². The zero-order chi connectivity index (χ0) is 15.4. The number of amides is 1. The van der Waals surface area contributed by atoms with Gasteiger partial charge in [0.05, 0.1) is 0 Å². The van der Waals surface area contributed by atoms with Crippen LogP contribution in [0.15, 0.2) is 24.3 Å². The summed E-state index contributed by atoms with van der Waals surface area (Å²) in [5, 5.41) is 11.9. The van der Waals surface area contributed by atoms with Crippen molar-refractivity contribution in [1.82, 2.24) is 10.3 Å². The molecule has 0 unspecified atom stereocenters. The molecule has 1 aromatic heterocycles. The van der Waals surface area contributed by atoms with E-state index in [1.54, 1.807) is 6.07 Å². The Morgan fingerprint density at radius 1 is 1.43 bits per heavy atom. The summed E-state index contributed by atoms with van der Waals surface area (Å²) >= 11 is 0. The molecule has 5 nitrogen and oxygen atoms in total. The minimum absolute atomic E-state index is 0.151. The molecular weight excluding hydrogens is 275 g/mol. The first kappa shape index (κ1) is 15.0. The number of aromatic nitrogens is 1. The zero-order valence-corrected chi connectivity index (χ0v) is 11.6. The molecule has 0 radical (unpaired) electrons. The van der Waals surface area contributed by atoms with Crippen LogP contribution >= 0.6 is 0 Å². The highest BCUT2D eigenvalue weighted by Gasteiger charge is 2.21. The van der Waals surface area contributed by atoms with Gasteiger partial charge in [0, 0.05) is 10.9 Å². The van der Waals surface area contributed by atoms with Crippen molar-refractivity contribution in [3.63, 3.8) is 0 Å². The Labute approximate surface area is 121 Å². The lowest BCUT2D eigenvalue weighted by atomic mass is 10.1. The van der Waals surface area contributed by atoms with E-state index < -0.39 is 23.7 Å². The molecule has 0 aliphatic heterocycles. The van der Waals surface area contributed by atoms with Crippen LogP contribution in [0.3, 0.4) is 0 Å². The Bertz CT molecular complexity index is 666. The molecule has 0 saturated carbocycles. The number of carbonyl (C=O) groups is 2. The van der Waals surface area contributed by atoms with Crippen molar-refractivity contribution in [3.05, 3.63) is 35.8 Å². The third-order valence-electron chi connectivity index (χ3n) is 3.31. The third kappa shape index (κ3) is 3.39. The average molecular weight is 292 g/mol. The number of nitrogens with one attached hydrogen (secondary N) is 2. The molecule has 0 spiro atoms. The van der Waals surface area contributed by atoms with E-state index in [0.717, 1.165) is 6.42 Å². The van der Waals surface area contributed by atoms with Crippen molar-refractivity contribution in [1.29, 1.82) is 0 Å². The Balaban J connectivity index is 2.17. The van der Waals surface area contributed by atoms with Crippen LogP contribution in [0.2, 0.25) is 0 Å². The summed E-state index contributed by atoms with van der Waals surface area (Å²) in [5.74, 6) is -2.04. The highest BCUT2D eigenvalue weighted by molar-refractivity contribution is 5.99. The van der Waals surface area contributed by atoms with Crippen molar-refractivity contribution >= 4 is 22.8 Å². The molecule has 0 fully saturated rings. The number of halogens is 1. The highest BCUT2D eigenvalue weighted by atomic mass is 19.1. The smallest absolute Gasteiger partial charge is 0.326 e. The first-order chi connectivity index (χ1) is 10.0. The number of hydrogen-bond donors (Lipinski definition) is 3. The summed E-state index contributed by atoms with van der Waals surface area (Å²) < 4.78 is 13.6. The number of benzene rings is 1. The lowest BCUT2D eigenvalue weighted by Gasteiger charge is -2.13. The summed E-state index contributed by atoms with van der Waals surface area (Å²) in [6.45, 7) is 1.95. The van der Waals surface area contributed by atoms with Crippen LogP contribution in [0.1, 0.15) is 36.7 Å². The number of carboxylic acids is 1. The average Bonchev–Trinajstić information content (AvgIpc) is 2.88. The monoisotopic (exact) mass is 292 g/mol. The molecule has 6 heteroatoms. The van der Waals surface area contributed by atoms with E-state index in [4.69, 9.17) is 5.11 Å². The second-order valence-corrected chi connectivity index (χ2v) is 4.89. The molecule has 112 valence electrons. The predicted octanol–water partition coefficient (Wildman–Crippen LogP) is 2.68. The number of H-pyrrole nitrogens is 1. The minimum atomic E-state index is -1.07. The predicted molar refractivity (Wildman–Crippen MR) is 76.7 cm³/mol. The van der Waals surface area contributed by atoms with Gasteiger partial charge in [-0.2, -0.15) is 0 Å². The van der Waals surface area contributed by atoms with E-state index in [-0.39, 0.29) is 5.69 Å². The molecule has 0 aliphatic carbocycles. The molecule has 1 amide bonds. The van der Waals surface area contributed by atoms with Crippen molar-refractivity contribution in [2.45, 2.75) is 32.2 Å². The number of carbonyl (C=O) groups excluding carboxylic acids is 1. The Kier molecular flexibility index (Phi) is 4.57. The number of rotatable bonds is 6. The van der Waals surface area contributed by atoms with E-state index in [9.17, 15) is 14.0 Å². The van der Waals surface area contributed by atoms with E-state index in [1.165, 1.54) is 18.2 Å². The summed E-state index contributed by atoms with van der Waals surface area (Å²) in [7, 11) is 0. The number of fused-ring (bicyclic) bond motifs is 1. The third-order valence-corrected chi connectivity index (χ3v) is 3.31. The van der Waals surface area contributed by atoms with E-state index in [2.05, 4.69) is 10.3 Å². The van der Waals surface area contributed by atoms with Gasteiger partial charge in [-0.05, 0) is 24.6 Å². The van der Waals surface area contributed by atoms with Crippen LogP contribution in [0.25, 0.3) is 10.9 Å². The summed E-state index contributed by atoms with van der Waals surface area (Å²) in [6.07, 6.45) is 1.92. The van der Waals surface area contributed by atoms with Crippen molar-refractivity contribution in [2.75, 3.05) is 0 Å². The first-order valence-corrected chi connectivity index (χ1v) is 6.83. The molecule has 0 saturated heterocycles. The maximum absolute atomic E-state index is 13.6. The topological polar surface area (TPSA) is 82.2 Å². The molecule has 0 aliphatic rings. The fourth-order valence-corrected chi connectivity index (χ4v) is 2.14. The molecule has 1 heterocycles. The van der Waals surface area contributed by atoms with Gasteiger partial charge in [-0.15, -0.1) is 0 Å². The summed E-state index contributed by atoms with van der Waals surface area (Å²) in [5.41, 5.74) is 0.651. The van der Waals surface area contributed by atoms with Gasteiger partial charge < -0.3 is 15.4 Å². The lowest BCUT2D eigenvalue weighted by Crippen LogP contribution is -2.40. The largest absolute Gasteiger partial charge is 0.480 e. The number of aliphatic carboxylic acids is 1. The van der Waals surface area contributed by atoms with Crippen LogP contribution in [0.4, 0.5) is 4.39 Å². The lowest BCUT2D eigenvalue weighted by molar-refractivity contribution is -0.139. The quantitative estimate of drug-likeness (QED) is 0.765. The second-order valence-electron chi connectivity index (χ2n) is 4.89. The zero-order valence-electron chi connectivity index (χ0n) is 11.6. The van der Waals surface area contributed by atoms with Crippen molar-refractivity contribution in [3.8, 4) is 0 Å². The first-order valence-electron chi connectivity index (χ1n) is 6.83. The molecule has 2 rings (SSSR count). The molecule has 2 aromatic rings. The SMILES string of the molecule is CCCC[C@H](NC(=O)c1cc2c(F)cccc2[nH]1)C(=O)O. The molecule has 3 N–H and O–H groups in total. The fraction of sp³-hybridized carbons (Fsp3) is 0.333. The van der Waals surface area contributed by atoms with Crippen LogP contribution < -0.4 is 5.32 Å². The second kappa shape index (κ2) is 6.39. The summed E-state index contributed by atoms with van der Waals surface area (Å²) in [6, 6.07) is 4.95. The number of unbranched alkanes of at least 4 members (excludes halogenated alkanes) is 1. The van der Waals surface area contributed by atoms with Gasteiger partial charge in [0.15, 0.2) is 0 Å².